The van der Waals surface area contributed by atoms with Crippen molar-refractivity contribution in [3.63, 3.8) is 0 Å². The summed E-state index contributed by atoms with van der Waals surface area (Å²) < 4.78 is 75.6. The summed E-state index contributed by atoms with van der Waals surface area (Å²) in [6.45, 7) is 2.02. The molecule has 0 aromatic heterocycles. The van der Waals surface area contributed by atoms with Crippen LogP contribution in [-0.4, -0.2) is 12.5 Å². The van der Waals surface area contributed by atoms with Crippen LogP contribution in [0, 0.1) is 0 Å². The van der Waals surface area contributed by atoms with Gasteiger partial charge in [-0.05, 0) is 24.6 Å². The fourth-order valence-corrected chi connectivity index (χ4v) is 1.57. The van der Waals surface area contributed by atoms with Crippen LogP contribution in [0.1, 0.15) is 41.3 Å². The van der Waals surface area contributed by atoms with Crippen LogP contribution in [0.5, 0.6) is 0 Å². The number of amides is 1. The fraction of sp³-hybridized carbons (Fsp3) is 0.462. The Kier molecular flexibility index (Phi) is 5.25. The molecule has 0 aliphatic heterocycles. The molecule has 8 heteroatoms. The molecule has 1 aromatic rings. The third kappa shape index (κ3) is 4.95. The van der Waals surface area contributed by atoms with E-state index in [2.05, 4.69) is 5.32 Å². The predicted molar refractivity (Wildman–Crippen MR) is 63.7 cm³/mol. The molecule has 2 nitrogen and oxygen atoms in total. The van der Waals surface area contributed by atoms with Gasteiger partial charge < -0.3 is 5.32 Å². The number of nitrogens with one attached hydrogen (secondary N) is 1. The molecule has 0 saturated heterocycles. The van der Waals surface area contributed by atoms with E-state index in [1.165, 1.54) is 0 Å². The highest BCUT2D eigenvalue weighted by Gasteiger charge is 2.37. The Morgan fingerprint density at radius 1 is 1.00 bits per heavy atom. The molecule has 1 aromatic carbocycles. The van der Waals surface area contributed by atoms with Crippen molar-refractivity contribution >= 4 is 5.91 Å². The normalized spacial score (nSPS) is 12.3. The van der Waals surface area contributed by atoms with Gasteiger partial charge in [0.2, 0.25) is 0 Å². The molecule has 0 heterocycles. The molecule has 0 spiro atoms. The lowest BCUT2D eigenvalue weighted by Crippen LogP contribution is -2.25. The van der Waals surface area contributed by atoms with Gasteiger partial charge in [0, 0.05) is 12.1 Å². The fourth-order valence-electron chi connectivity index (χ4n) is 1.57. The van der Waals surface area contributed by atoms with Crippen LogP contribution in [0.15, 0.2) is 18.2 Å². The van der Waals surface area contributed by atoms with Crippen LogP contribution in [0.2, 0.25) is 0 Å². The Morgan fingerprint density at radius 3 is 1.86 bits per heavy atom. The number of carbonyl (C=O) groups is 1. The van der Waals surface area contributed by atoms with Gasteiger partial charge in [-0.15, -0.1) is 0 Å². The van der Waals surface area contributed by atoms with Crippen LogP contribution < -0.4 is 5.32 Å². The molecule has 0 fully saturated rings. The SMILES string of the molecule is CCCCNC(=O)c1cc(C(F)(F)F)cc(C(F)(F)F)c1. The van der Waals surface area contributed by atoms with E-state index in [0.717, 1.165) is 6.42 Å². The monoisotopic (exact) mass is 313 g/mol. The number of carbonyl (C=O) groups excluding carboxylic acids is 1. The molecular formula is C13H13F6NO. The predicted octanol–water partition coefficient (Wildman–Crippen LogP) is 4.25. The van der Waals surface area contributed by atoms with Gasteiger partial charge in [-0.25, -0.2) is 0 Å². The van der Waals surface area contributed by atoms with Gasteiger partial charge >= 0.3 is 12.4 Å². The van der Waals surface area contributed by atoms with Gasteiger partial charge in [0.1, 0.15) is 0 Å². The zero-order chi connectivity index (χ0) is 16.3. The molecule has 1 N–H and O–H groups in total. The van der Waals surface area contributed by atoms with E-state index in [1.54, 1.807) is 0 Å². The van der Waals surface area contributed by atoms with Crippen molar-refractivity contribution in [2.24, 2.45) is 0 Å². The molecule has 0 unspecified atom stereocenters. The summed E-state index contributed by atoms with van der Waals surface area (Å²) in [4.78, 5) is 11.6. The molecule has 0 atom stereocenters. The Morgan fingerprint density at radius 2 is 1.48 bits per heavy atom. The zero-order valence-electron chi connectivity index (χ0n) is 11.0. The number of hydrogen-bond acceptors (Lipinski definition) is 1. The first-order valence-corrected chi connectivity index (χ1v) is 6.13. The summed E-state index contributed by atoms with van der Waals surface area (Å²) in [7, 11) is 0. The summed E-state index contributed by atoms with van der Waals surface area (Å²) in [6, 6.07) is 0.815. The third-order valence-corrected chi connectivity index (χ3v) is 2.67. The lowest BCUT2D eigenvalue weighted by molar-refractivity contribution is -0.143. The maximum Gasteiger partial charge on any atom is 0.416 e. The lowest BCUT2D eigenvalue weighted by atomic mass is 10.0. The van der Waals surface area contributed by atoms with Crippen molar-refractivity contribution < 1.29 is 31.1 Å². The Balaban J connectivity index is 3.17. The second-order valence-corrected chi connectivity index (χ2v) is 4.40. The highest BCUT2D eigenvalue weighted by Crippen LogP contribution is 2.36. The highest BCUT2D eigenvalue weighted by molar-refractivity contribution is 5.94. The number of hydrogen-bond donors (Lipinski definition) is 1. The minimum absolute atomic E-state index is 0.0111. The van der Waals surface area contributed by atoms with Crippen molar-refractivity contribution in [3.05, 3.63) is 34.9 Å². The van der Waals surface area contributed by atoms with Gasteiger partial charge in [0.05, 0.1) is 11.1 Å². The van der Waals surface area contributed by atoms with Crippen molar-refractivity contribution in [2.45, 2.75) is 32.1 Å². The van der Waals surface area contributed by atoms with E-state index >= 15 is 0 Å². The van der Waals surface area contributed by atoms with E-state index in [0.29, 0.717) is 18.6 Å². The number of rotatable bonds is 4. The van der Waals surface area contributed by atoms with Crippen molar-refractivity contribution in [1.82, 2.24) is 5.32 Å². The largest absolute Gasteiger partial charge is 0.416 e. The molecule has 21 heavy (non-hydrogen) atoms. The third-order valence-electron chi connectivity index (χ3n) is 2.67. The van der Waals surface area contributed by atoms with Crippen molar-refractivity contribution in [3.8, 4) is 0 Å². The summed E-state index contributed by atoms with van der Waals surface area (Å²) >= 11 is 0. The number of unbranched alkanes of at least 4 members (excludes halogenated alkanes) is 1. The molecular weight excluding hydrogens is 300 g/mol. The number of halogens is 6. The van der Waals surface area contributed by atoms with E-state index in [4.69, 9.17) is 0 Å². The van der Waals surface area contributed by atoms with Gasteiger partial charge in [0.15, 0.2) is 0 Å². The van der Waals surface area contributed by atoms with Crippen LogP contribution in [0.4, 0.5) is 26.3 Å². The van der Waals surface area contributed by atoms with Gasteiger partial charge in [-0.1, -0.05) is 13.3 Å². The molecule has 0 aliphatic carbocycles. The van der Waals surface area contributed by atoms with Crippen LogP contribution in [0.3, 0.4) is 0 Å². The maximum atomic E-state index is 12.6. The molecule has 0 aliphatic rings. The minimum atomic E-state index is -4.96. The number of alkyl halides is 6. The molecule has 1 amide bonds. The Hall–Kier alpha value is -1.73. The van der Waals surface area contributed by atoms with E-state index in [-0.39, 0.29) is 12.6 Å². The van der Waals surface area contributed by atoms with Crippen molar-refractivity contribution in [2.75, 3.05) is 6.54 Å². The quantitative estimate of drug-likeness (QED) is 0.653. The average molecular weight is 313 g/mol. The van der Waals surface area contributed by atoms with Gasteiger partial charge in [-0.3, -0.25) is 4.79 Å². The van der Waals surface area contributed by atoms with E-state index < -0.39 is 35.0 Å². The summed E-state index contributed by atoms with van der Waals surface area (Å²) in [6.07, 6.45) is -8.60. The van der Waals surface area contributed by atoms with Crippen molar-refractivity contribution in [1.29, 1.82) is 0 Å². The molecule has 0 bridgehead atoms. The minimum Gasteiger partial charge on any atom is -0.352 e. The first kappa shape index (κ1) is 17.3. The maximum absolute atomic E-state index is 12.6. The Bertz CT molecular complexity index is 474. The zero-order valence-corrected chi connectivity index (χ0v) is 11.0. The van der Waals surface area contributed by atoms with Gasteiger partial charge in [-0.2, -0.15) is 26.3 Å². The topological polar surface area (TPSA) is 29.1 Å². The number of benzene rings is 1. The highest BCUT2D eigenvalue weighted by atomic mass is 19.4. The van der Waals surface area contributed by atoms with Crippen LogP contribution in [0.25, 0.3) is 0 Å². The van der Waals surface area contributed by atoms with Crippen LogP contribution >= 0.6 is 0 Å². The van der Waals surface area contributed by atoms with E-state index in [9.17, 15) is 31.1 Å². The Labute approximate surface area is 117 Å². The first-order valence-electron chi connectivity index (χ1n) is 6.13. The molecule has 0 radical (unpaired) electrons. The summed E-state index contributed by atoms with van der Waals surface area (Å²) in [5.74, 6) is -0.958. The standard InChI is InChI=1S/C13H13F6NO/c1-2-3-4-20-11(21)8-5-9(12(14,15)16)7-10(6-8)13(17,18)19/h5-7H,2-4H2,1H3,(H,20,21). The molecule has 0 saturated carbocycles. The second-order valence-electron chi connectivity index (χ2n) is 4.40. The smallest absolute Gasteiger partial charge is 0.352 e. The first-order chi connectivity index (χ1) is 9.55. The van der Waals surface area contributed by atoms with E-state index in [1.807, 2.05) is 6.92 Å². The summed E-state index contributed by atoms with van der Waals surface area (Å²) in [5.41, 5.74) is -3.66. The summed E-state index contributed by atoms with van der Waals surface area (Å²) in [5, 5.41) is 2.28. The average Bonchev–Trinajstić information content (AvgIpc) is 2.36. The molecule has 118 valence electrons. The van der Waals surface area contributed by atoms with Gasteiger partial charge in [0.25, 0.3) is 5.91 Å². The van der Waals surface area contributed by atoms with Crippen LogP contribution in [-0.2, 0) is 12.4 Å². The lowest BCUT2D eigenvalue weighted by Gasteiger charge is -2.14. The second kappa shape index (κ2) is 6.36. The molecule has 1 rings (SSSR count).